The fraction of sp³-hybridized carbons (Fsp3) is 0.500. The summed E-state index contributed by atoms with van der Waals surface area (Å²) < 4.78 is 0. The summed E-state index contributed by atoms with van der Waals surface area (Å²) in [6.45, 7) is 0. The summed E-state index contributed by atoms with van der Waals surface area (Å²) in [5.74, 6) is -0.242. The Balaban J connectivity index is -0.0000000800. The number of carbonyl (C=O) groups is 1. The van der Waals surface area contributed by atoms with Gasteiger partial charge in [0.05, 0.1) is 5.75 Å². The van der Waals surface area contributed by atoms with Crippen LogP contribution < -0.4 is 24.6 Å². The Labute approximate surface area is 55.5 Å². The average molecular weight is 99.1 g/mol. The Kier molecular flexibility index (Phi) is 8.71. The first-order chi connectivity index (χ1) is 2.27. The van der Waals surface area contributed by atoms with Crippen molar-refractivity contribution < 1.29 is 25.1 Å². The van der Waals surface area contributed by atoms with E-state index in [1.165, 1.54) is 0 Å². The van der Waals surface area contributed by atoms with E-state index < -0.39 is 0 Å². The smallest absolute Gasteiger partial charge is 1.00 e. The number of thiol groups is 1. The first-order valence-corrected chi connectivity index (χ1v) is 1.80. The van der Waals surface area contributed by atoms with Crippen LogP contribution in [-0.4, -0.2) is 11.7 Å². The van der Waals surface area contributed by atoms with Crippen LogP contribution in [-0.2, 0) is 4.79 Å². The van der Waals surface area contributed by atoms with Gasteiger partial charge in [-0.25, -0.2) is 0 Å². The molecule has 0 rings (SSSR count). The Morgan fingerprint density at radius 3 is 2.17 bits per heavy atom. The molecule has 0 aliphatic rings. The Bertz CT molecular complexity index is 53.0. The van der Waals surface area contributed by atoms with Crippen molar-refractivity contribution in [1.82, 2.24) is 0 Å². The molecule has 0 bridgehead atoms. The average Bonchev–Trinajstić information content (AvgIpc) is 1.38. The summed E-state index contributed by atoms with van der Waals surface area (Å²) in [4.78, 5) is 9.51. The molecule has 0 unspecified atom stereocenters. The predicted octanol–water partition coefficient (Wildman–Crippen LogP) is -3.48. The van der Waals surface area contributed by atoms with Crippen LogP contribution in [0.25, 0.3) is 0 Å². The molecule has 2 N–H and O–H groups in total. The van der Waals surface area contributed by atoms with Gasteiger partial charge in [0.25, 0.3) is 0 Å². The number of amides is 1. The first-order valence-electron chi connectivity index (χ1n) is 1.16. The molecule has 0 spiro atoms. The summed E-state index contributed by atoms with van der Waals surface area (Å²) in [5, 5.41) is 0. The molecule has 0 saturated carbocycles. The summed E-state index contributed by atoms with van der Waals surface area (Å²) in [6.07, 6.45) is 0. The fourth-order valence-corrected chi connectivity index (χ4v) is 0. The minimum absolute atomic E-state index is 0. The van der Waals surface area contributed by atoms with E-state index in [1.807, 2.05) is 0 Å². The molecule has 0 aliphatic heterocycles. The maximum atomic E-state index is 9.51. The van der Waals surface area contributed by atoms with Crippen molar-refractivity contribution in [1.29, 1.82) is 0 Å². The van der Waals surface area contributed by atoms with Crippen LogP contribution in [0, 0.1) is 0 Å². The van der Waals surface area contributed by atoms with Crippen LogP contribution in [0.1, 0.15) is 1.43 Å². The Hall–Kier alpha value is 0.417. The predicted molar refractivity (Wildman–Crippen MR) is 24.2 cm³/mol. The molecule has 1 amide bonds. The molecule has 0 fully saturated rings. The zero-order valence-electron chi connectivity index (χ0n) is 4.64. The van der Waals surface area contributed by atoms with E-state index in [1.54, 1.807) is 0 Å². The van der Waals surface area contributed by atoms with E-state index in [0.717, 1.165) is 0 Å². The maximum absolute atomic E-state index is 9.51. The SMILES string of the molecule is NC(=O)CS.[H-].[Li+]. The van der Waals surface area contributed by atoms with Crippen molar-refractivity contribution in [2.75, 3.05) is 5.75 Å². The second-order valence-corrected chi connectivity index (χ2v) is 0.941. The number of hydrogen-bond acceptors (Lipinski definition) is 2. The number of carbonyl (C=O) groups excluding carboxylic acids is 1. The van der Waals surface area contributed by atoms with Gasteiger partial charge in [0.2, 0.25) is 5.91 Å². The van der Waals surface area contributed by atoms with E-state index in [9.17, 15) is 4.79 Å². The molecule has 6 heavy (non-hydrogen) atoms. The van der Waals surface area contributed by atoms with E-state index in [-0.39, 0.29) is 31.9 Å². The summed E-state index contributed by atoms with van der Waals surface area (Å²) in [6, 6.07) is 0. The van der Waals surface area contributed by atoms with Gasteiger partial charge in [0, 0.05) is 0 Å². The fourth-order valence-electron chi connectivity index (χ4n) is 0. The molecule has 4 heteroatoms. The van der Waals surface area contributed by atoms with Crippen molar-refractivity contribution in [3.8, 4) is 0 Å². The van der Waals surface area contributed by atoms with Crippen molar-refractivity contribution in [2.45, 2.75) is 0 Å². The number of primary amides is 1. The number of rotatable bonds is 1. The maximum Gasteiger partial charge on any atom is 1.00 e. The van der Waals surface area contributed by atoms with Gasteiger partial charge in [-0.3, -0.25) is 4.79 Å². The van der Waals surface area contributed by atoms with E-state index in [4.69, 9.17) is 0 Å². The van der Waals surface area contributed by atoms with Crippen molar-refractivity contribution in [2.24, 2.45) is 5.73 Å². The van der Waals surface area contributed by atoms with Crippen LogP contribution in [0.5, 0.6) is 0 Å². The number of nitrogens with two attached hydrogens (primary N) is 1. The van der Waals surface area contributed by atoms with Crippen LogP contribution >= 0.6 is 12.6 Å². The van der Waals surface area contributed by atoms with Gasteiger partial charge in [-0.05, 0) is 0 Å². The third-order valence-corrected chi connectivity index (χ3v) is 0.468. The molecule has 0 aromatic heterocycles. The third-order valence-electron chi connectivity index (χ3n) is 0.156. The van der Waals surface area contributed by atoms with Crippen LogP contribution in [0.4, 0.5) is 0 Å². The summed E-state index contributed by atoms with van der Waals surface area (Å²) in [7, 11) is 0. The largest absolute Gasteiger partial charge is 1.00 e. The molecular formula is C2H6LiNOS. The monoisotopic (exact) mass is 99.0 g/mol. The zero-order chi connectivity index (χ0) is 4.28. The second kappa shape index (κ2) is 5.42. The van der Waals surface area contributed by atoms with E-state index in [0.29, 0.717) is 0 Å². The van der Waals surface area contributed by atoms with Crippen molar-refractivity contribution in [3.63, 3.8) is 0 Å². The zero-order valence-corrected chi connectivity index (χ0v) is 4.53. The molecule has 0 aromatic rings. The minimum Gasteiger partial charge on any atom is -1.00 e. The molecule has 0 heterocycles. The molecule has 0 aliphatic carbocycles. The van der Waals surface area contributed by atoms with Gasteiger partial charge < -0.3 is 7.16 Å². The molecular weight excluding hydrogens is 93.0 g/mol. The van der Waals surface area contributed by atoms with E-state index >= 15 is 0 Å². The quantitative estimate of drug-likeness (QED) is 0.260. The standard InChI is InChI=1S/C2H5NOS.Li.H/c3-2(4)1-5;;/h5H,1H2,(H2,3,4);;/q;+1;-1. The van der Waals surface area contributed by atoms with Gasteiger partial charge >= 0.3 is 18.9 Å². The van der Waals surface area contributed by atoms with Crippen LogP contribution in [0.2, 0.25) is 0 Å². The number of hydrogen-bond donors (Lipinski definition) is 2. The molecule has 0 radical (unpaired) electrons. The minimum atomic E-state index is -0.381. The van der Waals surface area contributed by atoms with Gasteiger partial charge in [0.15, 0.2) is 0 Å². The van der Waals surface area contributed by atoms with Crippen molar-refractivity contribution >= 4 is 18.5 Å². The van der Waals surface area contributed by atoms with Crippen LogP contribution in [0.3, 0.4) is 0 Å². The summed E-state index contributed by atoms with van der Waals surface area (Å²) in [5.41, 5.74) is 4.58. The molecule has 2 nitrogen and oxygen atoms in total. The van der Waals surface area contributed by atoms with Gasteiger partial charge in [0.1, 0.15) is 0 Å². The first kappa shape index (κ1) is 9.65. The Morgan fingerprint density at radius 2 is 2.17 bits per heavy atom. The molecule has 0 saturated heterocycles. The second-order valence-electron chi connectivity index (χ2n) is 0.624. The van der Waals surface area contributed by atoms with Crippen molar-refractivity contribution in [3.05, 3.63) is 0 Å². The molecule has 0 aromatic carbocycles. The molecule has 0 atom stereocenters. The molecule has 32 valence electrons. The normalized spacial score (nSPS) is 6.17. The topological polar surface area (TPSA) is 43.1 Å². The van der Waals surface area contributed by atoms with Crippen LogP contribution in [0.15, 0.2) is 0 Å². The van der Waals surface area contributed by atoms with Gasteiger partial charge in [-0.1, -0.05) is 0 Å². The van der Waals surface area contributed by atoms with Gasteiger partial charge in [-0.15, -0.1) is 0 Å². The summed E-state index contributed by atoms with van der Waals surface area (Å²) >= 11 is 3.54. The third kappa shape index (κ3) is 8.83. The van der Waals surface area contributed by atoms with E-state index in [2.05, 4.69) is 18.4 Å². The van der Waals surface area contributed by atoms with Gasteiger partial charge in [-0.2, -0.15) is 12.6 Å². The Morgan fingerprint density at radius 1 is 2.00 bits per heavy atom.